The van der Waals surface area contributed by atoms with E-state index in [2.05, 4.69) is 21.2 Å². The number of rotatable bonds is 4. The Labute approximate surface area is 126 Å². The zero-order valence-electron chi connectivity index (χ0n) is 11.1. The maximum absolute atomic E-state index is 11.9. The van der Waals surface area contributed by atoms with E-state index in [4.69, 9.17) is 0 Å². The predicted molar refractivity (Wildman–Crippen MR) is 83.6 cm³/mol. The molecule has 1 amide bonds. The Kier molecular flexibility index (Phi) is 4.93. The molecule has 0 saturated heterocycles. The van der Waals surface area contributed by atoms with E-state index < -0.39 is 6.10 Å². The van der Waals surface area contributed by atoms with Gasteiger partial charge in [0.1, 0.15) is 0 Å². The molecule has 0 aliphatic heterocycles. The molecule has 0 aliphatic rings. The minimum Gasteiger partial charge on any atom is -0.389 e. The number of nitrogens with one attached hydrogen (secondary N) is 1. The summed E-state index contributed by atoms with van der Waals surface area (Å²) in [5.74, 6) is -0.0582. The minimum atomic E-state index is -0.498. The average molecular weight is 334 g/mol. The first-order valence-electron chi connectivity index (χ1n) is 6.37. The van der Waals surface area contributed by atoms with Gasteiger partial charge in [0.05, 0.1) is 12.5 Å². The summed E-state index contributed by atoms with van der Waals surface area (Å²) in [5, 5.41) is 12.3. The van der Waals surface area contributed by atoms with Gasteiger partial charge >= 0.3 is 0 Å². The molecule has 0 aliphatic carbocycles. The highest BCUT2D eigenvalue weighted by Gasteiger charge is 2.05. The third-order valence-electron chi connectivity index (χ3n) is 2.95. The van der Waals surface area contributed by atoms with Gasteiger partial charge in [0.2, 0.25) is 5.91 Å². The number of aliphatic hydroxyl groups is 1. The zero-order chi connectivity index (χ0) is 14.5. The molecule has 1 atom stereocenters. The summed E-state index contributed by atoms with van der Waals surface area (Å²) in [4.78, 5) is 11.9. The molecule has 0 radical (unpaired) electrons. The van der Waals surface area contributed by atoms with Crippen molar-refractivity contribution in [3.63, 3.8) is 0 Å². The normalized spacial score (nSPS) is 11.9. The number of aliphatic hydroxyl groups excluding tert-OH is 1. The molecule has 0 fully saturated rings. The summed E-state index contributed by atoms with van der Waals surface area (Å²) < 4.78 is 0.996. The summed E-state index contributed by atoms with van der Waals surface area (Å²) in [6.45, 7) is 1.71. The molecule has 2 rings (SSSR count). The molecule has 2 aromatic rings. The average Bonchev–Trinajstić information content (AvgIpc) is 2.42. The molecule has 0 spiro atoms. The number of carbonyl (C=O) groups is 1. The first-order valence-corrected chi connectivity index (χ1v) is 7.16. The molecule has 104 valence electrons. The second-order valence-electron chi connectivity index (χ2n) is 4.65. The van der Waals surface area contributed by atoms with Crippen LogP contribution in [-0.4, -0.2) is 11.0 Å². The highest BCUT2D eigenvalue weighted by molar-refractivity contribution is 9.10. The van der Waals surface area contributed by atoms with Gasteiger partial charge in [0.25, 0.3) is 0 Å². The van der Waals surface area contributed by atoms with E-state index in [1.54, 1.807) is 31.2 Å². The van der Waals surface area contributed by atoms with Crippen molar-refractivity contribution in [3.8, 4) is 0 Å². The Morgan fingerprint density at radius 3 is 2.30 bits per heavy atom. The van der Waals surface area contributed by atoms with Gasteiger partial charge in [-0.05, 0) is 42.3 Å². The van der Waals surface area contributed by atoms with Crippen molar-refractivity contribution in [1.82, 2.24) is 0 Å². The molecule has 0 heterocycles. The smallest absolute Gasteiger partial charge is 0.228 e. The largest absolute Gasteiger partial charge is 0.389 e. The van der Waals surface area contributed by atoms with Crippen molar-refractivity contribution in [3.05, 3.63) is 64.1 Å². The van der Waals surface area contributed by atoms with Gasteiger partial charge in [-0.15, -0.1) is 0 Å². The van der Waals surface area contributed by atoms with E-state index in [9.17, 15) is 9.90 Å². The third kappa shape index (κ3) is 4.18. The van der Waals surface area contributed by atoms with Crippen LogP contribution in [0, 0.1) is 0 Å². The van der Waals surface area contributed by atoms with Crippen molar-refractivity contribution >= 4 is 27.5 Å². The summed E-state index contributed by atoms with van der Waals surface area (Å²) >= 11 is 3.36. The first-order chi connectivity index (χ1) is 9.54. The van der Waals surface area contributed by atoms with E-state index in [1.165, 1.54) is 0 Å². The SMILES string of the molecule is CC(O)c1ccc(NC(=O)Cc2ccc(Br)cc2)cc1. The number of anilines is 1. The molecule has 2 aromatic carbocycles. The van der Waals surface area contributed by atoms with Crippen LogP contribution in [0.2, 0.25) is 0 Å². The Balaban J connectivity index is 1.95. The second kappa shape index (κ2) is 6.68. The predicted octanol–water partition coefficient (Wildman–Crippen LogP) is 3.68. The quantitative estimate of drug-likeness (QED) is 0.896. The highest BCUT2D eigenvalue weighted by Crippen LogP contribution is 2.16. The van der Waals surface area contributed by atoms with E-state index >= 15 is 0 Å². The summed E-state index contributed by atoms with van der Waals surface area (Å²) in [6, 6.07) is 14.9. The highest BCUT2D eigenvalue weighted by atomic mass is 79.9. The van der Waals surface area contributed by atoms with Crippen LogP contribution >= 0.6 is 15.9 Å². The standard InChI is InChI=1S/C16H16BrNO2/c1-11(19)13-4-8-15(9-5-13)18-16(20)10-12-2-6-14(17)7-3-12/h2-9,11,19H,10H2,1H3,(H,18,20). The molecule has 3 nitrogen and oxygen atoms in total. The monoisotopic (exact) mass is 333 g/mol. The number of benzene rings is 2. The van der Waals surface area contributed by atoms with Crippen LogP contribution < -0.4 is 5.32 Å². The fourth-order valence-corrected chi connectivity index (χ4v) is 2.10. The molecule has 0 bridgehead atoms. The van der Waals surface area contributed by atoms with Crippen LogP contribution in [0.4, 0.5) is 5.69 Å². The fraction of sp³-hybridized carbons (Fsp3) is 0.188. The molecular weight excluding hydrogens is 318 g/mol. The van der Waals surface area contributed by atoms with Crippen molar-refractivity contribution in [2.75, 3.05) is 5.32 Å². The van der Waals surface area contributed by atoms with E-state index in [1.807, 2.05) is 24.3 Å². The van der Waals surface area contributed by atoms with Crippen molar-refractivity contribution in [1.29, 1.82) is 0 Å². The molecule has 2 N–H and O–H groups in total. The van der Waals surface area contributed by atoms with Gasteiger partial charge in [-0.2, -0.15) is 0 Å². The lowest BCUT2D eigenvalue weighted by Crippen LogP contribution is -2.14. The van der Waals surface area contributed by atoms with Crippen molar-refractivity contribution in [2.24, 2.45) is 0 Å². The second-order valence-corrected chi connectivity index (χ2v) is 5.57. The van der Waals surface area contributed by atoms with Crippen molar-refractivity contribution < 1.29 is 9.90 Å². The number of halogens is 1. The first kappa shape index (κ1) is 14.8. The van der Waals surface area contributed by atoms with Crippen LogP contribution in [0.25, 0.3) is 0 Å². The van der Waals surface area contributed by atoms with E-state index in [0.717, 1.165) is 21.3 Å². The van der Waals surface area contributed by atoms with Crippen LogP contribution in [0.5, 0.6) is 0 Å². The summed E-state index contributed by atoms with van der Waals surface area (Å²) in [6.07, 6.45) is -0.159. The molecule has 20 heavy (non-hydrogen) atoms. The number of hydrogen-bond acceptors (Lipinski definition) is 2. The lowest BCUT2D eigenvalue weighted by Gasteiger charge is -2.08. The lowest BCUT2D eigenvalue weighted by atomic mass is 10.1. The van der Waals surface area contributed by atoms with Crippen LogP contribution in [0.3, 0.4) is 0 Å². The van der Waals surface area contributed by atoms with Gasteiger partial charge in [-0.1, -0.05) is 40.2 Å². The van der Waals surface area contributed by atoms with Gasteiger partial charge in [-0.25, -0.2) is 0 Å². The maximum Gasteiger partial charge on any atom is 0.228 e. The molecule has 1 unspecified atom stereocenters. The Hall–Kier alpha value is -1.65. The van der Waals surface area contributed by atoms with Crippen molar-refractivity contribution in [2.45, 2.75) is 19.4 Å². The van der Waals surface area contributed by atoms with Crippen LogP contribution in [0.1, 0.15) is 24.2 Å². The third-order valence-corrected chi connectivity index (χ3v) is 3.48. The summed E-state index contributed by atoms with van der Waals surface area (Å²) in [5.41, 5.74) is 2.53. The number of carbonyl (C=O) groups excluding carboxylic acids is 1. The summed E-state index contributed by atoms with van der Waals surface area (Å²) in [7, 11) is 0. The maximum atomic E-state index is 11.9. The number of hydrogen-bond donors (Lipinski definition) is 2. The fourth-order valence-electron chi connectivity index (χ4n) is 1.84. The Bertz CT molecular complexity index is 576. The number of amides is 1. The molecule has 0 aromatic heterocycles. The molecule has 4 heteroatoms. The van der Waals surface area contributed by atoms with Gasteiger partial charge in [0.15, 0.2) is 0 Å². The topological polar surface area (TPSA) is 49.3 Å². The molecular formula is C16H16BrNO2. The van der Waals surface area contributed by atoms with Gasteiger partial charge in [0, 0.05) is 10.2 Å². The minimum absolute atomic E-state index is 0.0582. The Morgan fingerprint density at radius 1 is 1.15 bits per heavy atom. The van der Waals surface area contributed by atoms with Crippen LogP contribution in [0.15, 0.2) is 53.0 Å². The Morgan fingerprint density at radius 2 is 1.75 bits per heavy atom. The zero-order valence-corrected chi connectivity index (χ0v) is 12.7. The van der Waals surface area contributed by atoms with E-state index in [0.29, 0.717) is 6.42 Å². The lowest BCUT2D eigenvalue weighted by molar-refractivity contribution is -0.115. The van der Waals surface area contributed by atoms with Gasteiger partial charge < -0.3 is 10.4 Å². The molecule has 0 saturated carbocycles. The van der Waals surface area contributed by atoms with Gasteiger partial charge in [-0.3, -0.25) is 4.79 Å². The van der Waals surface area contributed by atoms with E-state index in [-0.39, 0.29) is 5.91 Å². The van der Waals surface area contributed by atoms with Crippen LogP contribution in [-0.2, 0) is 11.2 Å².